The predicted octanol–water partition coefficient (Wildman–Crippen LogP) is 3.02. The Kier molecular flexibility index (Phi) is 4.48. The van der Waals surface area contributed by atoms with E-state index < -0.39 is 0 Å². The molecule has 2 N–H and O–H groups in total. The van der Waals surface area contributed by atoms with Gasteiger partial charge in [0.15, 0.2) is 0 Å². The molecule has 0 aromatic carbocycles. The van der Waals surface area contributed by atoms with Crippen LogP contribution in [0.1, 0.15) is 58.3 Å². The molecule has 2 unspecified atom stereocenters. The molecule has 0 saturated heterocycles. The molecule has 17 heavy (non-hydrogen) atoms. The minimum Gasteiger partial charge on any atom is -0.329 e. The third kappa shape index (κ3) is 3.23. The van der Waals surface area contributed by atoms with Gasteiger partial charge in [-0.15, -0.1) is 0 Å². The third-order valence-corrected chi connectivity index (χ3v) is 5.26. The molecular weight excluding hydrogens is 208 g/mol. The predicted molar refractivity (Wildman–Crippen MR) is 74.0 cm³/mol. The van der Waals surface area contributed by atoms with E-state index >= 15 is 0 Å². The van der Waals surface area contributed by atoms with Gasteiger partial charge in [0, 0.05) is 18.6 Å². The van der Waals surface area contributed by atoms with Crippen LogP contribution in [0.5, 0.6) is 0 Å². The second-order valence-corrected chi connectivity index (χ2v) is 6.55. The van der Waals surface area contributed by atoms with Crippen LogP contribution in [0.2, 0.25) is 0 Å². The minimum absolute atomic E-state index is 0.322. The third-order valence-electron chi connectivity index (χ3n) is 5.26. The summed E-state index contributed by atoms with van der Waals surface area (Å²) in [5, 5.41) is 0. The van der Waals surface area contributed by atoms with Crippen molar-refractivity contribution in [2.75, 3.05) is 20.1 Å². The zero-order chi connectivity index (χ0) is 12.3. The average Bonchev–Trinajstić information content (AvgIpc) is 2.94. The highest BCUT2D eigenvalue weighted by Gasteiger charge is 2.39. The fraction of sp³-hybridized carbons (Fsp3) is 1.00. The van der Waals surface area contributed by atoms with Crippen LogP contribution in [-0.4, -0.2) is 30.6 Å². The van der Waals surface area contributed by atoms with Crippen LogP contribution >= 0.6 is 0 Å². The molecule has 0 aromatic rings. The maximum atomic E-state index is 6.15. The van der Waals surface area contributed by atoms with E-state index in [1.807, 2.05) is 0 Å². The molecule has 2 saturated carbocycles. The van der Waals surface area contributed by atoms with Gasteiger partial charge in [0.05, 0.1) is 0 Å². The molecule has 0 bridgehead atoms. The lowest BCUT2D eigenvalue weighted by atomic mass is 9.82. The first kappa shape index (κ1) is 13.4. The van der Waals surface area contributed by atoms with Gasteiger partial charge in [0.1, 0.15) is 0 Å². The summed E-state index contributed by atoms with van der Waals surface area (Å²) < 4.78 is 0. The fourth-order valence-corrected chi connectivity index (χ4v) is 3.50. The number of hydrogen-bond acceptors (Lipinski definition) is 2. The van der Waals surface area contributed by atoms with Crippen LogP contribution in [0, 0.1) is 11.8 Å². The summed E-state index contributed by atoms with van der Waals surface area (Å²) in [5.74, 6) is 1.91. The Balaban J connectivity index is 1.94. The Labute approximate surface area is 107 Å². The lowest BCUT2D eigenvalue weighted by molar-refractivity contribution is 0.0876. The van der Waals surface area contributed by atoms with E-state index in [1.165, 1.54) is 57.9 Å². The highest BCUT2D eigenvalue weighted by Crippen LogP contribution is 2.40. The monoisotopic (exact) mass is 238 g/mol. The summed E-state index contributed by atoms with van der Waals surface area (Å²) in [6.07, 6.45) is 11.1. The van der Waals surface area contributed by atoms with Gasteiger partial charge < -0.3 is 5.73 Å². The largest absolute Gasteiger partial charge is 0.329 e. The topological polar surface area (TPSA) is 29.3 Å². The maximum Gasteiger partial charge on any atom is 0.0328 e. The summed E-state index contributed by atoms with van der Waals surface area (Å²) in [5.41, 5.74) is 6.47. The smallest absolute Gasteiger partial charge is 0.0328 e. The highest BCUT2D eigenvalue weighted by atomic mass is 15.2. The van der Waals surface area contributed by atoms with E-state index in [9.17, 15) is 0 Å². The molecule has 2 atom stereocenters. The van der Waals surface area contributed by atoms with Crippen molar-refractivity contribution in [3.8, 4) is 0 Å². The summed E-state index contributed by atoms with van der Waals surface area (Å²) in [6, 6.07) is 0. The molecule has 0 heterocycles. The molecule has 2 rings (SSSR count). The van der Waals surface area contributed by atoms with Crippen molar-refractivity contribution in [2.24, 2.45) is 17.6 Å². The van der Waals surface area contributed by atoms with Gasteiger partial charge in [0.2, 0.25) is 0 Å². The van der Waals surface area contributed by atoms with Crippen LogP contribution in [0.15, 0.2) is 0 Å². The number of hydrogen-bond donors (Lipinski definition) is 1. The van der Waals surface area contributed by atoms with Crippen molar-refractivity contribution in [3.63, 3.8) is 0 Å². The summed E-state index contributed by atoms with van der Waals surface area (Å²) >= 11 is 0. The van der Waals surface area contributed by atoms with E-state index in [1.54, 1.807) is 0 Å². The van der Waals surface area contributed by atoms with Crippen LogP contribution in [0.25, 0.3) is 0 Å². The zero-order valence-corrected chi connectivity index (χ0v) is 11.8. The zero-order valence-electron chi connectivity index (χ0n) is 11.8. The number of likely N-dealkylation sites (N-methyl/N-ethyl adjacent to an activating group) is 1. The second kappa shape index (κ2) is 5.71. The van der Waals surface area contributed by atoms with Crippen LogP contribution in [0.3, 0.4) is 0 Å². The Morgan fingerprint density at radius 1 is 1.12 bits per heavy atom. The van der Waals surface area contributed by atoms with Gasteiger partial charge in [-0.25, -0.2) is 0 Å². The van der Waals surface area contributed by atoms with Gasteiger partial charge in [-0.2, -0.15) is 0 Å². The van der Waals surface area contributed by atoms with Crippen LogP contribution < -0.4 is 5.73 Å². The van der Waals surface area contributed by atoms with Crippen molar-refractivity contribution in [1.82, 2.24) is 4.90 Å². The Bertz CT molecular complexity index is 231. The molecule has 0 aliphatic heterocycles. The highest BCUT2D eigenvalue weighted by molar-refractivity contribution is 4.94. The maximum absolute atomic E-state index is 6.15. The lowest BCUT2D eigenvalue weighted by Crippen LogP contribution is -2.53. The molecule has 2 nitrogen and oxygen atoms in total. The molecule has 2 fully saturated rings. The van der Waals surface area contributed by atoms with Crippen molar-refractivity contribution < 1.29 is 0 Å². The Morgan fingerprint density at radius 3 is 2.12 bits per heavy atom. The van der Waals surface area contributed by atoms with Crippen molar-refractivity contribution in [1.29, 1.82) is 0 Å². The first-order valence-electron chi connectivity index (χ1n) is 7.59. The molecule has 2 heteroatoms. The average molecular weight is 238 g/mol. The second-order valence-electron chi connectivity index (χ2n) is 6.55. The minimum atomic E-state index is 0.322. The molecule has 0 spiro atoms. The van der Waals surface area contributed by atoms with Gasteiger partial charge in [0.25, 0.3) is 0 Å². The molecular formula is C15H30N2. The number of nitrogens with zero attached hydrogens (tertiary/aromatic N) is 1. The van der Waals surface area contributed by atoms with Gasteiger partial charge in [-0.1, -0.05) is 39.0 Å². The van der Waals surface area contributed by atoms with Crippen molar-refractivity contribution in [2.45, 2.75) is 63.8 Å². The van der Waals surface area contributed by atoms with Crippen molar-refractivity contribution in [3.05, 3.63) is 0 Å². The number of rotatable bonds is 4. The fourth-order valence-electron chi connectivity index (χ4n) is 3.50. The van der Waals surface area contributed by atoms with E-state index in [-0.39, 0.29) is 0 Å². The summed E-state index contributed by atoms with van der Waals surface area (Å²) in [4.78, 5) is 2.62. The molecule has 0 radical (unpaired) electrons. The molecule has 2 aliphatic carbocycles. The standard InChI is InChI=1S/C15H30N2/c1-13-10-14(13)11-17(2)15(12-16)8-6-4-3-5-7-9-15/h13-14H,3-12,16H2,1-2H3. The molecule has 0 amide bonds. The lowest BCUT2D eigenvalue weighted by Gasteiger charge is -2.43. The van der Waals surface area contributed by atoms with Crippen LogP contribution in [-0.2, 0) is 0 Å². The first-order valence-corrected chi connectivity index (χ1v) is 7.59. The Morgan fingerprint density at radius 2 is 1.65 bits per heavy atom. The van der Waals surface area contributed by atoms with Crippen LogP contribution in [0.4, 0.5) is 0 Å². The van der Waals surface area contributed by atoms with Gasteiger partial charge in [-0.05, 0) is 38.1 Å². The van der Waals surface area contributed by atoms with Gasteiger partial charge >= 0.3 is 0 Å². The molecule has 2 aliphatic rings. The van der Waals surface area contributed by atoms with Gasteiger partial charge in [-0.3, -0.25) is 4.90 Å². The quantitative estimate of drug-likeness (QED) is 0.816. The van der Waals surface area contributed by atoms with E-state index in [0.717, 1.165) is 18.4 Å². The van der Waals surface area contributed by atoms with E-state index in [0.29, 0.717) is 5.54 Å². The first-order chi connectivity index (χ1) is 8.18. The van der Waals surface area contributed by atoms with E-state index in [4.69, 9.17) is 5.73 Å². The molecule has 100 valence electrons. The SMILES string of the molecule is CC1CC1CN(C)C1(CN)CCCCCCC1. The summed E-state index contributed by atoms with van der Waals surface area (Å²) in [7, 11) is 2.32. The van der Waals surface area contributed by atoms with E-state index in [2.05, 4.69) is 18.9 Å². The summed E-state index contributed by atoms with van der Waals surface area (Å²) in [6.45, 7) is 4.51. The number of nitrogens with two attached hydrogens (primary N) is 1. The molecule has 0 aromatic heterocycles. The Hall–Kier alpha value is -0.0800. The normalized spacial score (nSPS) is 33.2. The van der Waals surface area contributed by atoms with Crippen molar-refractivity contribution >= 4 is 0 Å².